The van der Waals surface area contributed by atoms with Gasteiger partial charge in [-0.25, -0.2) is 0 Å². The van der Waals surface area contributed by atoms with Gasteiger partial charge in [-0.1, -0.05) is 0 Å². The van der Waals surface area contributed by atoms with Crippen LogP contribution in [0.4, 0.5) is 0 Å². The third kappa shape index (κ3) is 31.4. The average molecular weight is 972 g/mol. The van der Waals surface area contributed by atoms with Crippen molar-refractivity contribution in [2.45, 2.75) is 0 Å². The molecule has 0 aromatic rings. The molecule has 0 spiro atoms. The Hall–Kier alpha value is 8.36. The van der Waals surface area contributed by atoms with Crippen LogP contribution in [0.3, 0.4) is 0 Å². The fourth-order valence-corrected chi connectivity index (χ4v) is 0. The summed E-state index contributed by atoms with van der Waals surface area (Å²) in [6, 6.07) is 0. The summed E-state index contributed by atoms with van der Waals surface area (Å²) in [5, 5.41) is 0. The fourth-order valence-electron chi connectivity index (χ4n) is 0. The first kappa shape index (κ1) is 45.3. The molecule has 0 bridgehead atoms. The maximum atomic E-state index is 0. The van der Waals surface area contributed by atoms with Crippen LogP contribution in [0.5, 0.6) is 0 Å². The van der Waals surface area contributed by atoms with Crippen molar-refractivity contribution in [3.63, 3.8) is 0 Å². The molecule has 0 atom stereocenters. The van der Waals surface area contributed by atoms with Gasteiger partial charge in [-0.15, -0.1) is 0 Å². The van der Waals surface area contributed by atoms with Crippen LogP contribution in [0.15, 0.2) is 0 Å². The summed E-state index contributed by atoms with van der Waals surface area (Å²) in [4.78, 5) is 0. The topological polar surface area (TPSA) is 0 Å². The third-order valence-electron chi connectivity index (χ3n) is 0. The maximum absolute atomic E-state index is 0. The molecule has 0 N–H and O–H groups in total. The maximum Gasteiger partial charge on any atom is 0 e. The molecule has 21 valence electrons. The Balaban J connectivity index is 0. The van der Waals surface area contributed by atoms with Gasteiger partial charge in [0.2, 0.25) is 0 Å². The SMILES string of the molecule is [La].[La].[La].[La].[La].[La].[La]. The molecular formula is La7. The molecule has 7 radical (unpaired) electrons. The van der Waals surface area contributed by atoms with Crippen LogP contribution >= 0.6 is 0 Å². The van der Waals surface area contributed by atoms with Gasteiger partial charge in [0, 0.05) is 249 Å². The molecule has 0 saturated heterocycles. The normalized spacial score (nSPS) is 0. The van der Waals surface area contributed by atoms with Crippen molar-refractivity contribution in [2.24, 2.45) is 0 Å². The minimum atomic E-state index is 0. The Morgan fingerprint density at radius 2 is 0.143 bits per heavy atom. The molecule has 0 heterocycles. The van der Waals surface area contributed by atoms with Gasteiger partial charge in [-0.05, 0) is 0 Å². The molecule has 0 aliphatic rings. The second-order valence-electron chi connectivity index (χ2n) is 0. The summed E-state index contributed by atoms with van der Waals surface area (Å²) < 4.78 is 0. The van der Waals surface area contributed by atoms with Gasteiger partial charge in [0.05, 0.1) is 0 Å². The van der Waals surface area contributed by atoms with Gasteiger partial charge in [0.25, 0.3) is 0 Å². The van der Waals surface area contributed by atoms with E-state index in [9.17, 15) is 0 Å². The molecule has 0 unspecified atom stereocenters. The van der Waals surface area contributed by atoms with Crippen molar-refractivity contribution in [3.8, 4) is 0 Å². The number of hydrogen-bond donors (Lipinski definition) is 0. The van der Waals surface area contributed by atoms with Crippen molar-refractivity contribution in [1.29, 1.82) is 0 Å². The standard InChI is InChI=1S/7La. The summed E-state index contributed by atoms with van der Waals surface area (Å²) in [6.45, 7) is 0. The van der Waals surface area contributed by atoms with Crippen molar-refractivity contribution in [2.75, 3.05) is 0 Å². The summed E-state index contributed by atoms with van der Waals surface area (Å²) >= 11 is 0. The van der Waals surface area contributed by atoms with Crippen LogP contribution < -0.4 is 0 Å². The zero-order chi connectivity index (χ0) is 0. The molecular weight excluding hydrogens is 972 g/mol. The van der Waals surface area contributed by atoms with Crippen LogP contribution in [0.2, 0.25) is 0 Å². The van der Waals surface area contributed by atoms with Crippen LogP contribution in [0.1, 0.15) is 0 Å². The second kappa shape index (κ2) is 36.7. The summed E-state index contributed by atoms with van der Waals surface area (Å²) in [6.07, 6.45) is 0. The molecule has 0 aliphatic carbocycles. The van der Waals surface area contributed by atoms with E-state index in [1.165, 1.54) is 0 Å². The number of hydrogen-bond acceptors (Lipinski definition) is 0. The van der Waals surface area contributed by atoms with E-state index in [4.69, 9.17) is 0 Å². The first-order valence-corrected chi connectivity index (χ1v) is 0. The van der Waals surface area contributed by atoms with Crippen LogP contribution in [-0.2, 0) is 0 Å². The summed E-state index contributed by atoms with van der Waals surface area (Å²) in [7, 11) is 0. The van der Waals surface area contributed by atoms with Crippen LogP contribution in [-0.4, -0.2) is 0 Å². The van der Waals surface area contributed by atoms with Crippen molar-refractivity contribution >= 4 is 0 Å². The smallest absolute Gasteiger partial charge is 0 e. The fraction of sp³-hybridized carbons (Fsp3) is 0. The Morgan fingerprint density at radius 1 is 0.143 bits per heavy atom. The van der Waals surface area contributed by atoms with Crippen molar-refractivity contribution in [1.82, 2.24) is 0 Å². The Morgan fingerprint density at radius 3 is 0.143 bits per heavy atom. The Kier molecular flexibility index (Phi) is 237. The molecule has 0 fully saturated rings. The van der Waals surface area contributed by atoms with Gasteiger partial charge in [-0.3, -0.25) is 0 Å². The van der Waals surface area contributed by atoms with Gasteiger partial charge < -0.3 is 0 Å². The summed E-state index contributed by atoms with van der Waals surface area (Å²) in [5.41, 5.74) is 0. The number of rotatable bonds is 0. The second-order valence-corrected chi connectivity index (χ2v) is 0. The molecule has 7 heteroatoms. The van der Waals surface area contributed by atoms with Gasteiger partial charge >= 0.3 is 0 Å². The molecule has 0 amide bonds. The molecule has 0 rings (SSSR count). The molecule has 0 aromatic carbocycles. The van der Waals surface area contributed by atoms with Crippen molar-refractivity contribution in [3.05, 3.63) is 0 Å². The monoisotopic (exact) mass is 972 g/mol. The minimum Gasteiger partial charge on any atom is 0 e. The predicted molar refractivity (Wildman–Crippen MR) is 0 cm³/mol. The largest absolute Gasteiger partial charge is 0 e. The Labute approximate surface area is 240 Å². The predicted octanol–water partition coefficient (Wildman–Crippen LogP) is 0. The minimum absolute atomic E-state index is 0. The van der Waals surface area contributed by atoms with E-state index in [1.54, 1.807) is 0 Å². The Bertz CT molecular complexity index is 0. The molecule has 0 saturated carbocycles. The third-order valence-corrected chi connectivity index (χ3v) is 0. The zero-order valence-corrected chi connectivity index (χ0v) is 29.4. The first-order chi connectivity index (χ1) is 0. The summed E-state index contributed by atoms with van der Waals surface area (Å²) in [5.74, 6) is 0. The van der Waals surface area contributed by atoms with E-state index in [1.807, 2.05) is 0 Å². The molecule has 0 aliphatic heterocycles. The van der Waals surface area contributed by atoms with Crippen LogP contribution in [0.25, 0.3) is 0 Å². The van der Waals surface area contributed by atoms with Gasteiger partial charge in [-0.2, -0.15) is 0 Å². The van der Waals surface area contributed by atoms with E-state index < -0.39 is 0 Å². The first-order valence-electron chi connectivity index (χ1n) is 0. The van der Waals surface area contributed by atoms with E-state index >= 15 is 0 Å². The van der Waals surface area contributed by atoms with E-state index in [0.717, 1.165) is 0 Å². The molecule has 0 nitrogen and oxygen atoms in total. The van der Waals surface area contributed by atoms with Crippen molar-refractivity contribution < 1.29 is 249 Å². The average Bonchev–Trinajstić information content (AvgIpc) is 0. The molecule has 7 heavy (non-hydrogen) atoms. The van der Waals surface area contributed by atoms with Crippen LogP contribution in [0, 0.1) is 249 Å². The van der Waals surface area contributed by atoms with E-state index in [0.29, 0.717) is 0 Å². The quantitative estimate of drug-likeness (QED) is 0.322. The van der Waals surface area contributed by atoms with E-state index in [2.05, 4.69) is 0 Å². The van der Waals surface area contributed by atoms with Gasteiger partial charge in [0.15, 0.2) is 0 Å². The van der Waals surface area contributed by atoms with E-state index in [-0.39, 0.29) is 249 Å². The zero-order valence-electron chi connectivity index (χ0n) is 4.04. The van der Waals surface area contributed by atoms with Gasteiger partial charge in [0.1, 0.15) is 0 Å². The molecule has 0 aromatic heterocycles.